The van der Waals surface area contributed by atoms with E-state index in [1.807, 2.05) is 74.5 Å². The van der Waals surface area contributed by atoms with E-state index in [-0.39, 0.29) is 29.7 Å². The average Bonchev–Trinajstić information content (AvgIpc) is 3.63. The number of rotatable bonds is 18. The predicted molar refractivity (Wildman–Crippen MR) is 240 cm³/mol. The first-order chi connectivity index (χ1) is 29.1. The van der Waals surface area contributed by atoms with Crippen LogP contribution >= 0.6 is 11.3 Å². The van der Waals surface area contributed by atoms with Gasteiger partial charge in [-0.2, -0.15) is 0 Å². The molecule has 1 fully saturated rings. The molecule has 11 heteroatoms. The van der Waals surface area contributed by atoms with Gasteiger partial charge in [-0.05, 0) is 149 Å². The molecule has 10 nitrogen and oxygen atoms in total. The van der Waals surface area contributed by atoms with E-state index in [4.69, 9.17) is 9.47 Å². The smallest absolute Gasteiger partial charge is 0.338 e. The maximum atomic E-state index is 14.0. The summed E-state index contributed by atoms with van der Waals surface area (Å²) in [7, 11) is 1.39. The molecule has 3 aromatic carbocycles. The first kappa shape index (κ1) is 44.7. The lowest BCUT2D eigenvalue weighted by molar-refractivity contribution is -0.149. The first-order valence-corrected chi connectivity index (χ1v) is 22.7. The van der Waals surface area contributed by atoms with Crippen LogP contribution in [0.3, 0.4) is 0 Å². The maximum Gasteiger partial charge on any atom is 0.338 e. The average molecular weight is 835 g/mol. The van der Waals surface area contributed by atoms with Crippen molar-refractivity contribution in [3.63, 3.8) is 0 Å². The Morgan fingerprint density at radius 3 is 2.27 bits per heavy atom. The van der Waals surface area contributed by atoms with E-state index in [0.717, 1.165) is 125 Å². The fourth-order valence-electron chi connectivity index (χ4n) is 8.69. The second-order valence-corrected chi connectivity index (χ2v) is 17.3. The number of carbonyl (C=O) groups is 4. The highest BCUT2D eigenvalue weighted by molar-refractivity contribution is 7.17. The molecule has 1 aliphatic carbocycles. The Balaban J connectivity index is 1.09. The summed E-state index contributed by atoms with van der Waals surface area (Å²) >= 11 is 1.53. The minimum absolute atomic E-state index is 0.00181. The number of benzene rings is 3. The van der Waals surface area contributed by atoms with Gasteiger partial charge in [0, 0.05) is 41.8 Å². The van der Waals surface area contributed by atoms with Gasteiger partial charge in [-0.3, -0.25) is 19.3 Å². The van der Waals surface area contributed by atoms with Gasteiger partial charge in [0.2, 0.25) is 0 Å². The number of fused-ring (bicyclic) bond motifs is 1. The van der Waals surface area contributed by atoms with E-state index in [9.17, 15) is 19.2 Å². The van der Waals surface area contributed by atoms with Crippen molar-refractivity contribution in [3.8, 4) is 0 Å². The molecule has 60 heavy (non-hydrogen) atoms. The van der Waals surface area contributed by atoms with Gasteiger partial charge in [-0.25, -0.2) is 4.79 Å². The number of ether oxygens (including phenoxy) is 2. The maximum absolute atomic E-state index is 14.0. The molecule has 0 saturated carbocycles. The highest BCUT2D eigenvalue weighted by atomic mass is 32.1. The number of thiophene rings is 1. The molecule has 2 aliphatic rings. The van der Waals surface area contributed by atoms with E-state index < -0.39 is 0 Å². The number of hydrogen-bond acceptors (Lipinski definition) is 9. The molecule has 2 N–H and O–H groups in total. The Hall–Kier alpha value is -4.84. The molecule has 6 rings (SSSR count). The SMILES string of the molecule is CCOC(=O)C1CCN(CCN(Cc2cccc(C(=O)Nc3sc4c(c3C(=O)Nc3ccc(CCc5ccc(C(=O)OC)c(C)c5)cc3)CCCC4)c2)C(CC)CC)CC1. The third kappa shape index (κ3) is 11.5. The lowest BCUT2D eigenvalue weighted by atomic mass is 9.95. The molecule has 0 unspecified atom stereocenters. The molecule has 4 aromatic rings. The number of hydrogen-bond donors (Lipinski definition) is 2. The van der Waals surface area contributed by atoms with Gasteiger partial charge >= 0.3 is 11.9 Å². The lowest BCUT2D eigenvalue weighted by Gasteiger charge is -2.35. The predicted octanol–water partition coefficient (Wildman–Crippen LogP) is 9.28. The number of methoxy groups -OCH3 is 1. The van der Waals surface area contributed by atoms with Crippen LogP contribution in [0.15, 0.2) is 66.7 Å². The van der Waals surface area contributed by atoms with Crippen molar-refractivity contribution >= 4 is 45.8 Å². The standard InChI is InChI=1S/C49H62N4O6S/c1-6-40(7-2)53(29-28-52-26-24-37(25-27-52)48(56)59-8-3)32-36-12-11-13-38(31-36)45(54)51-47-44(42-14-9-10-15-43(42)60-47)46(55)50-39-21-18-34(19-22-39)16-17-35-20-23-41(33(4)30-35)49(57)58-5/h11-13,18-23,30-31,37,40H,6-10,14-17,24-29,32H2,1-5H3,(H,50,55)(H,51,54). The van der Waals surface area contributed by atoms with Gasteiger partial charge < -0.3 is 25.0 Å². The van der Waals surface area contributed by atoms with Gasteiger partial charge in [-0.1, -0.05) is 50.2 Å². The van der Waals surface area contributed by atoms with E-state index >= 15 is 0 Å². The molecule has 0 atom stereocenters. The van der Waals surface area contributed by atoms with Gasteiger partial charge in [0.25, 0.3) is 11.8 Å². The number of piperidine rings is 1. The summed E-state index contributed by atoms with van der Waals surface area (Å²) in [6, 6.07) is 22.0. The number of carbonyl (C=O) groups excluding carboxylic acids is 4. The first-order valence-electron chi connectivity index (χ1n) is 21.9. The van der Waals surface area contributed by atoms with Crippen LogP contribution in [-0.2, 0) is 46.5 Å². The number of nitrogens with zero attached hydrogens (tertiary/aromatic N) is 2. The molecule has 0 radical (unpaired) electrons. The molecule has 0 spiro atoms. The normalized spacial score (nSPS) is 14.5. The van der Waals surface area contributed by atoms with Gasteiger partial charge in [0.05, 0.1) is 30.8 Å². The van der Waals surface area contributed by atoms with Crippen LogP contribution < -0.4 is 10.6 Å². The zero-order chi connectivity index (χ0) is 42.6. The van der Waals surface area contributed by atoms with Crippen LogP contribution in [0.4, 0.5) is 10.7 Å². The zero-order valence-corrected chi connectivity index (χ0v) is 36.9. The van der Waals surface area contributed by atoms with E-state index in [1.54, 1.807) is 0 Å². The van der Waals surface area contributed by atoms with Crippen LogP contribution in [0, 0.1) is 12.8 Å². The van der Waals surface area contributed by atoms with Gasteiger partial charge in [-0.15, -0.1) is 11.3 Å². The highest BCUT2D eigenvalue weighted by Crippen LogP contribution is 2.39. The van der Waals surface area contributed by atoms with Crippen molar-refractivity contribution in [2.24, 2.45) is 5.92 Å². The quantitative estimate of drug-likeness (QED) is 0.0954. The number of amides is 2. The van der Waals surface area contributed by atoms with E-state index in [2.05, 4.69) is 40.3 Å². The van der Waals surface area contributed by atoms with Crippen LogP contribution in [0.25, 0.3) is 0 Å². The minimum atomic E-state index is -0.330. The zero-order valence-electron chi connectivity index (χ0n) is 36.1. The van der Waals surface area contributed by atoms with Crippen molar-refractivity contribution in [1.82, 2.24) is 9.80 Å². The third-order valence-corrected chi connectivity index (χ3v) is 13.4. The van der Waals surface area contributed by atoms with Crippen LogP contribution in [0.1, 0.15) is 123 Å². The van der Waals surface area contributed by atoms with Crippen LogP contribution in [-0.4, -0.2) is 79.5 Å². The van der Waals surface area contributed by atoms with Gasteiger partial charge in [0.15, 0.2) is 0 Å². The second-order valence-electron chi connectivity index (χ2n) is 16.2. The third-order valence-electron chi connectivity index (χ3n) is 12.2. The summed E-state index contributed by atoms with van der Waals surface area (Å²) in [5.41, 5.74) is 7.71. The number of aryl methyl sites for hydroxylation is 4. The highest BCUT2D eigenvalue weighted by Gasteiger charge is 2.28. The molecule has 320 valence electrons. The summed E-state index contributed by atoms with van der Waals surface area (Å²) in [5, 5.41) is 6.89. The summed E-state index contributed by atoms with van der Waals surface area (Å²) in [5.74, 6) is -0.822. The largest absolute Gasteiger partial charge is 0.466 e. The monoisotopic (exact) mass is 834 g/mol. The number of anilines is 2. The Morgan fingerprint density at radius 2 is 1.57 bits per heavy atom. The lowest BCUT2D eigenvalue weighted by Crippen LogP contribution is -2.43. The molecule has 1 saturated heterocycles. The van der Waals surface area contributed by atoms with E-state index in [1.165, 1.54) is 23.3 Å². The second kappa shape index (κ2) is 21.6. The summed E-state index contributed by atoms with van der Waals surface area (Å²) in [4.78, 5) is 58.4. The molecule has 2 amide bonds. The fraction of sp³-hybridized carbons (Fsp3) is 0.469. The summed E-state index contributed by atoms with van der Waals surface area (Å²) < 4.78 is 10.1. The molecule has 0 bridgehead atoms. The van der Waals surface area contributed by atoms with Gasteiger partial charge in [0.1, 0.15) is 5.00 Å². The van der Waals surface area contributed by atoms with Crippen molar-refractivity contribution in [2.45, 2.75) is 104 Å². The molecular formula is C49H62N4O6S. The number of esters is 2. The summed E-state index contributed by atoms with van der Waals surface area (Å²) in [6.07, 6.45) is 9.18. The van der Waals surface area contributed by atoms with Crippen molar-refractivity contribution in [1.29, 1.82) is 0 Å². The molecule has 1 aliphatic heterocycles. The van der Waals surface area contributed by atoms with E-state index in [0.29, 0.717) is 40.0 Å². The molecule has 1 aromatic heterocycles. The Morgan fingerprint density at radius 1 is 0.850 bits per heavy atom. The Bertz CT molecular complexity index is 2100. The van der Waals surface area contributed by atoms with Crippen molar-refractivity contribution in [2.75, 3.05) is 50.5 Å². The van der Waals surface area contributed by atoms with Crippen LogP contribution in [0.2, 0.25) is 0 Å². The molecule has 2 heterocycles. The Kier molecular flexibility index (Phi) is 16.1. The minimum Gasteiger partial charge on any atom is -0.466 e. The van der Waals surface area contributed by atoms with Crippen LogP contribution in [0.5, 0.6) is 0 Å². The summed E-state index contributed by atoms with van der Waals surface area (Å²) in [6.45, 7) is 13.0. The topological polar surface area (TPSA) is 117 Å². The number of likely N-dealkylation sites (tertiary alicyclic amines) is 1. The van der Waals surface area contributed by atoms with Crippen molar-refractivity contribution < 1.29 is 28.7 Å². The molecular weight excluding hydrogens is 773 g/mol. The fourth-order valence-corrected chi connectivity index (χ4v) is 9.97. The Labute approximate surface area is 360 Å². The number of nitrogens with one attached hydrogen (secondary N) is 2. The van der Waals surface area contributed by atoms with Crippen molar-refractivity contribution in [3.05, 3.63) is 116 Å².